The number of hydrogen-bond donors (Lipinski definition) is 3. The van der Waals surface area contributed by atoms with Crippen molar-refractivity contribution < 1.29 is 14.3 Å². The van der Waals surface area contributed by atoms with E-state index in [1.165, 1.54) is 0 Å². The highest BCUT2D eigenvalue weighted by molar-refractivity contribution is 7.80. The first-order valence-electron chi connectivity index (χ1n) is 7.59. The van der Waals surface area contributed by atoms with Crippen LogP contribution in [0.2, 0.25) is 0 Å². The maximum Gasteiger partial charge on any atom is 0.276 e. The first-order chi connectivity index (χ1) is 11.6. The molecule has 2 aromatic carbocycles. The number of fused-ring (bicyclic) bond motifs is 1. The average Bonchev–Trinajstić information content (AvgIpc) is 2.58. The van der Waals surface area contributed by atoms with Gasteiger partial charge in [-0.2, -0.15) is 0 Å². The summed E-state index contributed by atoms with van der Waals surface area (Å²) in [6.45, 7) is 1.72. The molecule has 6 nitrogen and oxygen atoms in total. The van der Waals surface area contributed by atoms with Gasteiger partial charge in [0, 0.05) is 11.8 Å². The molecule has 0 spiro atoms. The number of hydrogen-bond acceptors (Lipinski definition) is 4. The van der Waals surface area contributed by atoms with E-state index < -0.39 is 5.91 Å². The molecule has 0 saturated heterocycles. The molecule has 0 aliphatic rings. The lowest BCUT2D eigenvalue weighted by Crippen LogP contribution is -2.49. The highest BCUT2D eigenvalue weighted by Gasteiger charge is 2.07. The van der Waals surface area contributed by atoms with Crippen LogP contribution in [0, 0.1) is 0 Å². The Hall–Kier alpha value is -2.67. The third kappa shape index (κ3) is 5.20. The molecular formula is C17H19N3O3S. The van der Waals surface area contributed by atoms with Gasteiger partial charge in [-0.3, -0.25) is 20.4 Å². The molecule has 2 aromatic rings. The lowest BCUT2D eigenvalue weighted by molar-refractivity contribution is -0.124. The van der Waals surface area contributed by atoms with Gasteiger partial charge >= 0.3 is 0 Å². The fourth-order valence-electron chi connectivity index (χ4n) is 2.07. The largest absolute Gasteiger partial charge is 0.483 e. The van der Waals surface area contributed by atoms with Crippen molar-refractivity contribution in [3.63, 3.8) is 0 Å². The molecule has 7 heteroatoms. The second kappa shape index (κ2) is 8.83. The van der Waals surface area contributed by atoms with Gasteiger partial charge in [0.25, 0.3) is 5.91 Å². The Morgan fingerprint density at radius 2 is 1.79 bits per heavy atom. The third-order valence-electron chi connectivity index (χ3n) is 3.15. The van der Waals surface area contributed by atoms with Crippen LogP contribution in [0.4, 0.5) is 0 Å². The van der Waals surface area contributed by atoms with E-state index in [-0.39, 0.29) is 17.6 Å². The molecule has 24 heavy (non-hydrogen) atoms. The number of rotatable bonds is 5. The molecule has 0 aliphatic heterocycles. The number of amides is 2. The molecule has 2 rings (SSSR count). The van der Waals surface area contributed by atoms with Crippen molar-refractivity contribution in [2.75, 3.05) is 6.61 Å². The first kappa shape index (κ1) is 17.7. The summed E-state index contributed by atoms with van der Waals surface area (Å²) in [5.41, 5.74) is 4.84. The number of nitrogens with one attached hydrogen (secondary N) is 3. The van der Waals surface area contributed by atoms with E-state index in [9.17, 15) is 9.59 Å². The summed E-state index contributed by atoms with van der Waals surface area (Å²) in [6.07, 6.45) is 1.10. The lowest BCUT2D eigenvalue weighted by atomic mass is 10.1. The zero-order valence-electron chi connectivity index (χ0n) is 13.3. The van der Waals surface area contributed by atoms with Crippen molar-refractivity contribution in [1.29, 1.82) is 0 Å². The average molecular weight is 345 g/mol. The number of carbonyl (C=O) groups is 2. The van der Waals surface area contributed by atoms with Crippen LogP contribution in [-0.4, -0.2) is 23.5 Å². The predicted molar refractivity (Wildman–Crippen MR) is 96.4 cm³/mol. The van der Waals surface area contributed by atoms with Crippen LogP contribution in [0.1, 0.15) is 19.8 Å². The van der Waals surface area contributed by atoms with Crippen LogP contribution in [0.25, 0.3) is 10.8 Å². The molecule has 2 amide bonds. The third-order valence-corrected chi connectivity index (χ3v) is 3.36. The number of carbonyl (C=O) groups excluding carboxylic acids is 2. The molecule has 0 saturated carbocycles. The van der Waals surface area contributed by atoms with E-state index in [1.54, 1.807) is 6.07 Å². The fraction of sp³-hybridized carbons (Fsp3) is 0.235. The Morgan fingerprint density at radius 1 is 1.04 bits per heavy atom. The molecular weight excluding hydrogens is 326 g/mol. The van der Waals surface area contributed by atoms with Gasteiger partial charge in [0.1, 0.15) is 5.75 Å². The Kier molecular flexibility index (Phi) is 6.51. The van der Waals surface area contributed by atoms with Crippen molar-refractivity contribution in [2.45, 2.75) is 19.8 Å². The van der Waals surface area contributed by atoms with Crippen LogP contribution < -0.4 is 20.9 Å². The lowest BCUT2D eigenvalue weighted by Gasteiger charge is -2.12. The van der Waals surface area contributed by atoms with Crippen molar-refractivity contribution in [3.05, 3.63) is 42.5 Å². The molecule has 0 atom stereocenters. The molecule has 0 radical (unpaired) electrons. The van der Waals surface area contributed by atoms with Crippen molar-refractivity contribution >= 4 is 39.9 Å². The van der Waals surface area contributed by atoms with Crippen LogP contribution >= 0.6 is 12.2 Å². The van der Waals surface area contributed by atoms with E-state index in [2.05, 4.69) is 16.2 Å². The molecule has 0 unspecified atom stereocenters. The highest BCUT2D eigenvalue weighted by Crippen LogP contribution is 2.24. The number of thiocarbonyl (C=S) groups is 1. The van der Waals surface area contributed by atoms with Crippen molar-refractivity contribution in [3.8, 4) is 5.75 Å². The van der Waals surface area contributed by atoms with Crippen molar-refractivity contribution in [1.82, 2.24) is 16.2 Å². The monoisotopic (exact) mass is 345 g/mol. The minimum absolute atomic E-state index is 0.0481. The number of benzene rings is 2. The highest BCUT2D eigenvalue weighted by atomic mass is 32.1. The summed E-state index contributed by atoms with van der Waals surface area (Å²) in [5, 5.41) is 4.48. The Bertz CT molecular complexity index is 743. The topological polar surface area (TPSA) is 79.5 Å². The summed E-state index contributed by atoms with van der Waals surface area (Å²) >= 11 is 4.91. The summed E-state index contributed by atoms with van der Waals surface area (Å²) in [7, 11) is 0. The van der Waals surface area contributed by atoms with Gasteiger partial charge in [-0.25, -0.2) is 0 Å². The molecule has 0 aliphatic carbocycles. The van der Waals surface area contributed by atoms with Crippen molar-refractivity contribution in [2.24, 2.45) is 0 Å². The molecule has 0 bridgehead atoms. The van der Waals surface area contributed by atoms with Gasteiger partial charge in [-0.1, -0.05) is 43.3 Å². The minimum atomic E-state index is -0.407. The Morgan fingerprint density at radius 3 is 2.58 bits per heavy atom. The van der Waals surface area contributed by atoms with Gasteiger partial charge in [-0.15, -0.1) is 0 Å². The van der Waals surface area contributed by atoms with Crippen LogP contribution in [0.15, 0.2) is 42.5 Å². The standard InChI is InChI=1S/C17H19N3O3S/c1-2-6-15(21)18-17(24)20-19-16(22)11-23-14-10-5-8-12-7-3-4-9-13(12)14/h3-5,7-10H,2,6,11H2,1H3,(H,19,22)(H2,18,20,21,24). The maximum absolute atomic E-state index is 11.8. The normalized spacial score (nSPS) is 10.0. The fourth-order valence-corrected chi connectivity index (χ4v) is 2.24. The molecule has 3 N–H and O–H groups in total. The predicted octanol–water partition coefficient (Wildman–Crippen LogP) is 2.04. The zero-order valence-corrected chi connectivity index (χ0v) is 14.1. The van der Waals surface area contributed by atoms with Gasteiger partial charge in [0.15, 0.2) is 11.7 Å². The molecule has 126 valence electrons. The molecule has 0 aromatic heterocycles. The smallest absolute Gasteiger partial charge is 0.276 e. The van der Waals surface area contributed by atoms with E-state index in [0.29, 0.717) is 12.2 Å². The van der Waals surface area contributed by atoms with Gasteiger partial charge in [-0.05, 0) is 30.1 Å². The summed E-state index contributed by atoms with van der Waals surface area (Å²) in [4.78, 5) is 23.2. The summed E-state index contributed by atoms with van der Waals surface area (Å²) in [6, 6.07) is 13.4. The quantitative estimate of drug-likeness (QED) is 0.571. The summed E-state index contributed by atoms with van der Waals surface area (Å²) < 4.78 is 5.55. The van der Waals surface area contributed by atoms with Crippen LogP contribution in [0.5, 0.6) is 5.75 Å². The van der Waals surface area contributed by atoms with E-state index in [4.69, 9.17) is 17.0 Å². The minimum Gasteiger partial charge on any atom is -0.483 e. The number of ether oxygens (including phenoxy) is 1. The SMILES string of the molecule is CCCC(=O)NC(=S)NNC(=O)COc1cccc2ccccc12. The maximum atomic E-state index is 11.8. The van der Waals surface area contributed by atoms with Crippen LogP contribution in [0.3, 0.4) is 0 Å². The molecule has 0 fully saturated rings. The number of hydrazine groups is 1. The van der Waals surface area contributed by atoms with Gasteiger partial charge < -0.3 is 10.1 Å². The van der Waals surface area contributed by atoms with Gasteiger partial charge in [0.05, 0.1) is 0 Å². The van der Waals surface area contributed by atoms with Gasteiger partial charge in [0.2, 0.25) is 5.91 Å². The Labute approximate surface area is 145 Å². The van der Waals surface area contributed by atoms with E-state index in [1.807, 2.05) is 43.3 Å². The zero-order chi connectivity index (χ0) is 17.4. The Balaban J connectivity index is 1.81. The first-order valence-corrected chi connectivity index (χ1v) is 8.00. The molecule has 0 heterocycles. The van der Waals surface area contributed by atoms with E-state index >= 15 is 0 Å². The van der Waals surface area contributed by atoms with E-state index in [0.717, 1.165) is 17.2 Å². The second-order valence-electron chi connectivity index (χ2n) is 5.07. The second-order valence-corrected chi connectivity index (χ2v) is 5.47. The summed E-state index contributed by atoms with van der Waals surface area (Å²) in [5.74, 6) is 0.0216. The van der Waals surface area contributed by atoms with Crippen LogP contribution in [-0.2, 0) is 9.59 Å².